The van der Waals surface area contributed by atoms with Crippen LogP contribution >= 0.6 is 0 Å². The standard InChI is InChI=1S/C29H39N2O2/c1-31(2,19-12-20-32-26-17-10-5-11-18-26)23-27-22-30-29(33-27)28(25-15-8-4-9-16-25)21-24-13-6-3-7-14-24/h4-5,8-11,15-18,22,24,28H,3,6-7,12-14,19-21,23H2,1-2H3/q+1. The summed E-state index contributed by atoms with van der Waals surface area (Å²) in [6.45, 7) is 2.58. The first kappa shape index (κ1) is 23.6. The van der Waals surface area contributed by atoms with Crippen LogP contribution in [-0.2, 0) is 6.54 Å². The predicted molar refractivity (Wildman–Crippen MR) is 133 cm³/mol. The summed E-state index contributed by atoms with van der Waals surface area (Å²) in [4.78, 5) is 4.78. The van der Waals surface area contributed by atoms with E-state index in [0.717, 1.165) is 60.3 Å². The summed E-state index contributed by atoms with van der Waals surface area (Å²) in [6, 6.07) is 20.8. The zero-order chi connectivity index (χ0) is 22.9. The molecule has 0 amide bonds. The molecular formula is C29H39N2O2+. The van der Waals surface area contributed by atoms with Gasteiger partial charge in [-0.2, -0.15) is 0 Å². The van der Waals surface area contributed by atoms with Crippen molar-refractivity contribution in [2.45, 2.75) is 57.4 Å². The van der Waals surface area contributed by atoms with Gasteiger partial charge >= 0.3 is 0 Å². The summed E-state index contributed by atoms with van der Waals surface area (Å²) in [7, 11) is 4.50. The molecule has 0 N–H and O–H groups in total. The number of hydrogen-bond donors (Lipinski definition) is 0. The van der Waals surface area contributed by atoms with Gasteiger partial charge in [-0.15, -0.1) is 0 Å². The molecule has 4 rings (SSSR count). The third-order valence-corrected chi connectivity index (χ3v) is 6.87. The Bertz CT molecular complexity index is 946. The van der Waals surface area contributed by atoms with Crippen LogP contribution in [0.2, 0.25) is 0 Å². The summed E-state index contributed by atoms with van der Waals surface area (Å²) in [5.74, 6) is 3.82. The van der Waals surface area contributed by atoms with E-state index in [9.17, 15) is 0 Å². The molecule has 0 bridgehead atoms. The Kier molecular flexibility index (Phi) is 8.22. The molecule has 0 aliphatic heterocycles. The van der Waals surface area contributed by atoms with Gasteiger partial charge in [0.15, 0.2) is 5.76 Å². The molecule has 3 aromatic rings. The van der Waals surface area contributed by atoms with Crippen LogP contribution < -0.4 is 4.74 Å². The number of rotatable bonds is 11. The lowest BCUT2D eigenvalue weighted by molar-refractivity contribution is -0.904. The highest BCUT2D eigenvalue weighted by atomic mass is 16.5. The number of benzene rings is 2. The summed E-state index contributed by atoms with van der Waals surface area (Å²) < 4.78 is 13.1. The highest BCUT2D eigenvalue weighted by Crippen LogP contribution is 2.36. The number of para-hydroxylation sites is 1. The van der Waals surface area contributed by atoms with Crippen molar-refractivity contribution >= 4 is 0 Å². The number of hydrogen-bond acceptors (Lipinski definition) is 3. The van der Waals surface area contributed by atoms with E-state index in [-0.39, 0.29) is 5.92 Å². The van der Waals surface area contributed by atoms with Crippen LogP contribution in [-0.4, -0.2) is 36.7 Å². The van der Waals surface area contributed by atoms with Crippen molar-refractivity contribution in [3.63, 3.8) is 0 Å². The van der Waals surface area contributed by atoms with E-state index < -0.39 is 0 Å². The minimum atomic E-state index is 0.248. The van der Waals surface area contributed by atoms with Gasteiger partial charge in [-0.25, -0.2) is 4.98 Å². The van der Waals surface area contributed by atoms with Gasteiger partial charge in [0.25, 0.3) is 0 Å². The molecule has 4 heteroatoms. The minimum Gasteiger partial charge on any atom is -0.493 e. The molecular weight excluding hydrogens is 408 g/mol. The zero-order valence-corrected chi connectivity index (χ0v) is 20.3. The fraction of sp³-hybridized carbons (Fsp3) is 0.483. The SMILES string of the molecule is C[N+](C)(CCCOc1ccccc1)Cc1cnc(C(CC2CCCCC2)c2ccccc2)o1. The van der Waals surface area contributed by atoms with Gasteiger partial charge in [-0.3, -0.25) is 0 Å². The first-order chi connectivity index (χ1) is 16.1. The molecule has 1 aliphatic rings. The lowest BCUT2D eigenvalue weighted by Gasteiger charge is -2.28. The lowest BCUT2D eigenvalue weighted by atomic mass is 9.80. The predicted octanol–water partition coefficient (Wildman–Crippen LogP) is 6.82. The van der Waals surface area contributed by atoms with Gasteiger partial charge in [0.2, 0.25) is 5.89 Å². The van der Waals surface area contributed by atoms with Gasteiger partial charge in [0, 0.05) is 6.42 Å². The number of aromatic nitrogens is 1. The monoisotopic (exact) mass is 447 g/mol. The molecule has 2 aromatic carbocycles. The van der Waals surface area contributed by atoms with Crippen molar-refractivity contribution in [1.29, 1.82) is 0 Å². The first-order valence-electron chi connectivity index (χ1n) is 12.6. The van der Waals surface area contributed by atoms with Crippen molar-refractivity contribution in [2.24, 2.45) is 5.92 Å². The van der Waals surface area contributed by atoms with Gasteiger partial charge in [0.05, 0.1) is 39.4 Å². The minimum absolute atomic E-state index is 0.248. The highest BCUT2D eigenvalue weighted by Gasteiger charge is 2.26. The van der Waals surface area contributed by atoms with Crippen LogP contribution in [0.5, 0.6) is 5.75 Å². The second-order valence-electron chi connectivity index (χ2n) is 10.2. The lowest BCUT2D eigenvalue weighted by Crippen LogP contribution is -2.40. The molecule has 0 saturated heterocycles. The summed E-state index contributed by atoms with van der Waals surface area (Å²) >= 11 is 0. The van der Waals surface area contributed by atoms with E-state index in [1.165, 1.54) is 37.7 Å². The van der Waals surface area contributed by atoms with Crippen molar-refractivity contribution in [1.82, 2.24) is 4.98 Å². The van der Waals surface area contributed by atoms with Gasteiger partial charge in [-0.05, 0) is 30.0 Å². The normalized spacial score (nSPS) is 15.9. The maximum absolute atomic E-state index is 6.40. The second-order valence-corrected chi connectivity index (χ2v) is 10.2. The average molecular weight is 448 g/mol. The Hall–Kier alpha value is -2.59. The van der Waals surface area contributed by atoms with Crippen molar-refractivity contribution in [3.05, 3.63) is 84.1 Å². The Labute approximate surface area is 199 Å². The quantitative estimate of drug-likeness (QED) is 0.239. The van der Waals surface area contributed by atoms with Gasteiger partial charge < -0.3 is 13.6 Å². The van der Waals surface area contributed by atoms with E-state index in [1.807, 2.05) is 36.5 Å². The fourth-order valence-electron chi connectivity index (χ4n) is 5.08. The van der Waals surface area contributed by atoms with E-state index >= 15 is 0 Å². The average Bonchev–Trinajstić information content (AvgIpc) is 3.29. The van der Waals surface area contributed by atoms with E-state index in [1.54, 1.807) is 0 Å². The van der Waals surface area contributed by atoms with Crippen LogP contribution in [0.15, 0.2) is 71.3 Å². The molecule has 1 fully saturated rings. The Morgan fingerprint density at radius 3 is 2.39 bits per heavy atom. The summed E-state index contributed by atoms with van der Waals surface area (Å²) in [5.41, 5.74) is 1.32. The molecule has 1 atom stereocenters. The molecule has 1 aromatic heterocycles. The molecule has 1 heterocycles. The Morgan fingerprint density at radius 1 is 0.970 bits per heavy atom. The highest BCUT2D eigenvalue weighted by molar-refractivity contribution is 5.25. The van der Waals surface area contributed by atoms with Crippen LogP contribution in [0.1, 0.15) is 68.1 Å². The van der Waals surface area contributed by atoms with E-state index in [2.05, 4.69) is 44.4 Å². The maximum Gasteiger partial charge on any atom is 0.202 e. The molecule has 1 aliphatic carbocycles. The van der Waals surface area contributed by atoms with Gasteiger partial charge in [-0.1, -0.05) is 80.6 Å². The van der Waals surface area contributed by atoms with Crippen LogP contribution in [0, 0.1) is 5.92 Å². The molecule has 1 saturated carbocycles. The van der Waals surface area contributed by atoms with Crippen LogP contribution in [0.3, 0.4) is 0 Å². The topological polar surface area (TPSA) is 35.3 Å². The molecule has 0 spiro atoms. The van der Waals surface area contributed by atoms with E-state index in [4.69, 9.17) is 14.1 Å². The van der Waals surface area contributed by atoms with Crippen molar-refractivity contribution < 1.29 is 13.6 Å². The second kappa shape index (κ2) is 11.5. The van der Waals surface area contributed by atoms with Crippen LogP contribution in [0.4, 0.5) is 0 Å². The number of nitrogens with zero attached hydrogens (tertiary/aromatic N) is 2. The largest absolute Gasteiger partial charge is 0.493 e. The smallest absolute Gasteiger partial charge is 0.202 e. The van der Waals surface area contributed by atoms with Crippen molar-refractivity contribution in [3.8, 4) is 5.75 Å². The van der Waals surface area contributed by atoms with Crippen molar-refractivity contribution in [2.75, 3.05) is 27.2 Å². The molecule has 176 valence electrons. The third-order valence-electron chi connectivity index (χ3n) is 6.87. The Balaban J connectivity index is 1.35. The zero-order valence-electron chi connectivity index (χ0n) is 20.3. The molecule has 1 unspecified atom stereocenters. The maximum atomic E-state index is 6.40. The fourth-order valence-corrected chi connectivity index (χ4v) is 5.08. The molecule has 33 heavy (non-hydrogen) atoms. The van der Waals surface area contributed by atoms with Gasteiger partial charge in [0.1, 0.15) is 12.3 Å². The molecule has 0 radical (unpaired) electrons. The Morgan fingerprint density at radius 2 is 1.67 bits per heavy atom. The first-order valence-corrected chi connectivity index (χ1v) is 12.6. The van der Waals surface area contributed by atoms with E-state index in [0.29, 0.717) is 0 Å². The molecule has 4 nitrogen and oxygen atoms in total. The number of quaternary nitrogens is 1. The summed E-state index contributed by atoms with van der Waals surface area (Å²) in [6.07, 6.45) is 10.9. The van der Waals surface area contributed by atoms with Crippen LogP contribution in [0.25, 0.3) is 0 Å². The number of ether oxygens (including phenoxy) is 1. The third kappa shape index (κ3) is 7.20. The summed E-state index contributed by atoms with van der Waals surface area (Å²) in [5, 5.41) is 0. The number of oxazole rings is 1.